The molecule has 0 aliphatic rings. The Morgan fingerprint density at radius 1 is 1.32 bits per heavy atom. The maximum atomic E-state index is 14.0. The zero-order chi connectivity index (χ0) is 15.7. The third-order valence-electron chi connectivity index (χ3n) is 3.56. The zero-order valence-electron chi connectivity index (χ0n) is 12.3. The summed E-state index contributed by atoms with van der Waals surface area (Å²) in [7, 11) is 0. The summed E-state index contributed by atoms with van der Waals surface area (Å²) in [6, 6.07) is 8.08. The molecule has 0 aliphatic carbocycles. The topological polar surface area (TPSA) is 42.2 Å². The minimum atomic E-state index is -0.286. The number of nitrogens with zero attached hydrogens (tertiary/aromatic N) is 3. The van der Waals surface area contributed by atoms with E-state index >= 15 is 0 Å². The highest BCUT2D eigenvalue weighted by molar-refractivity contribution is 6.30. The number of halogens is 2. The molecule has 2 aromatic heterocycles. The second-order valence-electron chi connectivity index (χ2n) is 5.12. The molecule has 3 rings (SSSR count). The molecule has 0 saturated heterocycles. The minimum Gasteiger partial charge on any atom is -0.363 e. The molecule has 0 saturated carbocycles. The van der Waals surface area contributed by atoms with Gasteiger partial charge in [-0.3, -0.25) is 0 Å². The molecule has 4 nitrogen and oxygen atoms in total. The van der Waals surface area contributed by atoms with Crippen molar-refractivity contribution in [1.82, 2.24) is 14.6 Å². The van der Waals surface area contributed by atoms with Gasteiger partial charge in [-0.15, -0.1) is 0 Å². The van der Waals surface area contributed by atoms with Crippen LogP contribution in [0, 0.1) is 5.82 Å². The molecule has 2 heterocycles. The first-order valence-corrected chi connectivity index (χ1v) is 7.51. The summed E-state index contributed by atoms with van der Waals surface area (Å²) in [4.78, 5) is 4.49. The Labute approximate surface area is 132 Å². The summed E-state index contributed by atoms with van der Waals surface area (Å²) >= 11 is 5.97. The standard InChI is InChI=1S/C16H16ClFN4/c1-3-12-9-16(22-15(21-12)6-7-19-22)20-10(2)13-8-11(17)4-5-14(13)18/h4-10,20H,3H2,1-2H3. The van der Waals surface area contributed by atoms with E-state index in [4.69, 9.17) is 11.6 Å². The zero-order valence-corrected chi connectivity index (χ0v) is 13.1. The molecule has 0 aliphatic heterocycles. The predicted octanol–water partition coefficient (Wildman–Crippen LogP) is 4.26. The number of fused-ring (bicyclic) bond motifs is 1. The van der Waals surface area contributed by atoms with E-state index < -0.39 is 0 Å². The fourth-order valence-corrected chi connectivity index (χ4v) is 2.58. The van der Waals surface area contributed by atoms with Crippen LogP contribution in [0.25, 0.3) is 5.65 Å². The first kappa shape index (κ1) is 14.8. The van der Waals surface area contributed by atoms with Gasteiger partial charge in [-0.25, -0.2) is 9.37 Å². The Morgan fingerprint density at radius 3 is 2.91 bits per heavy atom. The number of benzene rings is 1. The van der Waals surface area contributed by atoms with Crippen LogP contribution in [-0.4, -0.2) is 14.6 Å². The molecule has 1 N–H and O–H groups in total. The van der Waals surface area contributed by atoms with Crippen LogP contribution in [0.1, 0.15) is 31.1 Å². The second kappa shape index (κ2) is 5.93. The van der Waals surface area contributed by atoms with Gasteiger partial charge in [-0.1, -0.05) is 18.5 Å². The van der Waals surface area contributed by atoms with Gasteiger partial charge in [0.05, 0.1) is 12.2 Å². The van der Waals surface area contributed by atoms with Crippen molar-refractivity contribution in [3.8, 4) is 0 Å². The Kier molecular flexibility index (Phi) is 3.98. The Balaban J connectivity index is 1.98. The van der Waals surface area contributed by atoms with Crippen LogP contribution in [-0.2, 0) is 6.42 Å². The van der Waals surface area contributed by atoms with Crippen molar-refractivity contribution in [3.05, 3.63) is 58.6 Å². The Hall–Kier alpha value is -2.14. The SMILES string of the molecule is CCc1cc(NC(C)c2cc(Cl)ccc2F)n2nccc2n1. The number of aryl methyl sites for hydroxylation is 1. The number of hydrogen-bond acceptors (Lipinski definition) is 3. The summed E-state index contributed by atoms with van der Waals surface area (Å²) in [6.45, 7) is 3.93. The van der Waals surface area contributed by atoms with Crippen LogP contribution in [0.2, 0.25) is 5.02 Å². The third kappa shape index (κ3) is 2.76. The molecule has 114 valence electrons. The molecule has 0 bridgehead atoms. The first-order valence-electron chi connectivity index (χ1n) is 7.13. The van der Waals surface area contributed by atoms with E-state index in [0.717, 1.165) is 23.6 Å². The van der Waals surface area contributed by atoms with Gasteiger partial charge in [0.1, 0.15) is 11.6 Å². The average molecular weight is 319 g/mol. The van der Waals surface area contributed by atoms with Crippen molar-refractivity contribution in [1.29, 1.82) is 0 Å². The van der Waals surface area contributed by atoms with Crippen molar-refractivity contribution in [2.75, 3.05) is 5.32 Å². The van der Waals surface area contributed by atoms with Crippen molar-refractivity contribution >= 4 is 23.1 Å². The lowest BCUT2D eigenvalue weighted by atomic mass is 10.1. The Morgan fingerprint density at radius 2 is 2.14 bits per heavy atom. The van der Waals surface area contributed by atoms with Crippen LogP contribution >= 0.6 is 11.6 Å². The summed E-state index contributed by atoms with van der Waals surface area (Å²) < 4.78 is 15.7. The number of rotatable bonds is 4. The molecular weight excluding hydrogens is 303 g/mol. The van der Waals surface area contributed by atoms with Crippen molar-refractivity contribution in [2.24, 2.45) is 0 Å². The van der Waals surface area contributed by atoms with Gasteiger partial charge in [0, 0.05) is 28.4 Å². The predicted molar refractivity (Wildman–Crippen MR) is 85.8 cm³/mol. The van der Waals surface area contributed by atoms with Crippen LogP contribution in [0.3, 0.4) is 0 Å². The summed E-state index contributed by atoms with van der Waals surface area (Å²) in [5.74, 6) is 0.490. The van der Waals surface area contributed by atoms with E-state index in [2.05, 4.69) is 15.4 Å². The number of aromatic nitrogens is 3. The van der Waals surface area contributed by atoms with Crippen LogP contribution in [0.5, 0.6) is 0 Å². The van der Waals surface area contributed by atoms with Gasteiger partial charge in [-0.05, 0) is 31.5 Å². The molecule has 22 heavy (non-hydrogen) atoms. The van der Waals surface area contributed by atoms with Gasteiger partial charge in [-0.2, -0.15) is 9.61 Å². The average Bonchev–Trinajstić information content (AvgIpc) is 2.98. The fraction of sp³-hybridized carbons (Fsp3) is 0.250. The van der Waals surface area contributed by atoms with Gasteiger partial charge < -0.3 is 5.32 Å². The van der Waals surface area contributed by atoms with E-state index in [9.17, 15) is 4.39 Å². The molecule has 0 radical (unpaired) electrons. The van der Waals surface area contributed by atoms with E-state index in [1.165, 1.54) is 6.07 Å². The highest BCUT2D eigenvalue weighted by Gasteiger charge is 2.14. The monoisotopic (exact) mass is 318 g/mol. The van der Waals surface area contributed by atoms with E-state index in [0.29, 0.717) is 10.6 Å². The quantitative estimate of drug-likeness (QED) is 0.781. The van der Waals surface area contributed by atoms with Crippen LogP contribution < -0.4 is 5.32 Å². The van der Waals surface area contributed by atoms with Crippen molar-refractivity contribution in [3.63, 3.8) is 0 Å². The highest BCUT2D eigenvalue weighted by atomic mass is 35.5. The normalized spacial score (nSPS) is 12.5. The van der Waals surface area contributed by atoms with Crippen LogP contribution in [0.4, 0.5) is 10.2 Å². The maximum Gasteiger partial charge on any atom is 0.157 e. The van der Waals surface area contributed by atoms with E-state index in [1.54, 1.807) is 22.8 Å². The molecule has 6 heteroatoms. The first-order chi connectivity index (χ1) is 10.6. The second-order valence-corrected chi connectivity index (χ2v) is 5.56. The molecule has 1 aromatic carbocycles. The lowest BCUT2D eigenvalue weighted by Crippen LogP contribution is -2.13. The molecule has 0 spiro atoms. The van der Waals surface area contributed by atoms with E-state index in [-0.39, 0.29) is 11.9 Å². The van der Waals surface area contributed by atoms with Crippen molar-refractivity contribution in [2.45, 2.75) is 26.3 Å². The summed E-state index contributed by atoms with van der Waals surface area (Å²) in [5, 5.41) is 8.06. The summed E-state index contributed by atoms with van der Waals surface area (Å²) in [6.07, 6.45) is 2.51. The molecule has 1 unspecified atom stereocenters. The third-order valence-corrected chi connectivity index (χ3v) is 3.80. The smallest absolute Gasteiger partial charge is 0.157 e. The van der Waals surface area contributed by atoms with Gasteiger partial charge in [0.2, 0.25) is 0 Å². The molecular formula is C16H16ClFN4. The summed E-state index contributed by atoms with van der Waals surface area (Å²) in [5.41, 5.74) is 2.23. The maximum absolute atomic E-state index is 14.0. The van der Waals surface area contributed by atoms with Gasteiger partial charge in [0.25, 0.3) is 0 Å². The molecule has 3 aromatic rings. The van der Waals surface area contributed by atoms with E-state index in [1.807, 2.05) is 26.0 Å². The molecule has 0 fully saturated rings. The van der Waals surface area contributed by atoms with Gasteiger partial charge in [0.15, 0.2) is 5.65 Å². The van der Waals surface area contributed by atoms with Gasteiger partial charge >= 0.3 is 0 Å². The highest BCUT2D eigenvalue weighted by Crippen LogP contribution is 2.25. The molecule has 1 atom stereocenters. The lowest BCUT2D eigenvalue weighted by Gasteiger charge is -2.18. The largest absolute Gasteiger partial charge is 0.363 e. The molecule has 0 amide bonds. The lowest BCUT2D eigenvalue weighted by molar-refractivity contribution is 0.599. The number of anilines is 1. The Bertz CT molecular complexity index is 815. The van der Waals surface area contributed by atoms with Crippen LogP contribution in [0.15, 0.2) is 36.5 Å². The number of hydrogen-bond donors (Lipinski definition) is 1. The van der Waals surface area contributed by atoms with Crippen molar-refractivity contribution < 1.29 is 4.39 Å². The fourth-order valence-electron chi connectivity index (χ4n) is 2.39. The minimum absolute atomic E-state index is 0.252. The number of nitrogens with one attached hydrogen (secondary N) is 1.